The van der Waals surface area contributed by atoms with Crippen molar-refractivity contribution in [3.63, 3.8) is 0 Å². The van der Waals surface area contributed by atoms with Gasteiger partial charge < -0.3 is 20.1 Å². The lowest BCUT2D eigenvalue weighted by atomic mass is 9.98. The molecule has 0 aliphatic rings. The summed E-state index contributed by atoms with van der Waals surface area (Å²) in [7, 11) is 3.16. The minimum absolute atomic E-state index is 0.103. The van der Waals surface area contributed by atoms with Crippen LogP contribution < -0.4 is 10.1 Å². The Morgan fingerprint density at radius 3 is 2.40 bits per heavy atom. The van der Waals surface area contributed by atoms with Gasteiger partial charge in [-0.1, -0.05) is 48.5 Å². The van der Waals surface area contributed by atoms with Crippen molar-refractivity contribution >= 4 is 12.0 Å². The zero-order valence-electron chi connectivity index (χ0n) is 14.3. The fourth-order valence-corrected chi connectivity index (χ4v) is 2.49. The summed E-state index contributed by atoms with van der Waals surface area (Å²) in [4.78, 5) is 24.6. The molecule has 0 bridgehead atoms. The highest BCUT2D eigenvalue weighted by Gasteiger charge is 2.22. The molecule has 2 aromatic carbocycles. The average Bonchev–Trinajstić information content (AvgIpc) is 2.64. The molecular formula is C19H22N2O4. The van der Waals surface area contributed by atoms with Crippen molar-refractivity contribution in [1.82, 2.24) is 10.2 Å². The molecule has 0 aliphatic carbocycles. The van der Waals surface area contributed by atoms with E-state index in [1.807, 2.05) is 54.6 Å². The second kappa shape index (κ2) is 8.73. The van der Waals surface area contributed by atoms with Gasteiger partial charge in [-0.05, 0) is 11.6 Å². The van der Waals surface area contributed by atoms with Crippen molar-refractivity contribution in [3.8, 4) is 5.75 Å². The summed E-state index contributed by atoms with van der Waals surface area (Å²) >= 11 is 0. The van der Waals surface area contributed by atoms with Gasteiger partial charge in [0.25, 0.3) is 0 Å². The first-order valence-corrected chi connectivity index (χ1v) is 7.94. The monoisotopic (exact) mass is 342 g/mol. The molecule has 25 heavy (non-hydrogen) atoms. The number of methoxy groups -OCH3 is 1. The largest absolute Gasteiger partial charge is 0.496 e. The van der Waals surface area contributed by atoms with Crippen LogP contribution in [0, 0.1) is 0 Å². The number of ether oxygens (including phenoxy) is 1. The van der Waals surface area contributed by atoms with Crippen LogP contribution in [-0.2, 0) is 4.79 Å². The van der Waals surface area contributed by atoms with Crippen molar-refractivity contribution in [1.29, 1.82) is 0 Å². The summed E-state index contributed by atoms with van der Waals surface area (Å²) in [5.74, 6) is -0.270. The zero-order chi connectivity index (χ0) is 18.2. The maximum Gasteiger partial charge on any atom is 0.317 e. The normalized spacial score (nSPS) is 11.4. The number of hydrogen-bond acceptors (Lipinski definition) is 3. The summed E-state index contributed by atoms with van der Waals surface area (Å²) in [5.41, 5.74) is 1.74. The highest BCUT2D eigenvalue weighted by atomic mass is 16.5. The Hall–Kier alpha value is -3.02. The molecule has 1 atom stereocenters. The molecule has 0 aliphatic heterocycles. The second-order valence-corrected chi connectivity index (χ2v) is 5.60. The van der Waals surface area contributed by atoms with Crippen LogP contribution >= 0.6 is 0 Å². The second-order valence-electron chi connectivity index (χ2n) is 5.60. The van der Waals surface area contributed by atoms with E-state index in [0.717, 1.165) is 11.1 Å². The molecule has 132 valence electrons. The van der Waals surface area contributed by atoms with E-state index in [1.165, 1.54) is 4.90 Å². The molecule has 0 saturated heterocycles. The number of carboxylic acid groups (broad SMARTS) is 1. The third kappa shape index (κ3) is 4.97. The van der Waals surface area contributed by atoms with Crippen LogP contribution in [0.15, 0.2) is 54.6 Å². The van der Waals surface area contributed by atoms with E-state index in [-0.39, 0.29) is 19.0 Å². The van der Waals surface area contributed by atoms with Gasteiger partial charge in [-0.2, -0.15) is 0 Å². The molecule has 2 rings (SSSR count). The summed E-state index contributed by atoms with van der Waals surface area (Å²) in [6.45, 7) is 0.134. The number of benzene rings is 2. The van der Waals surface area contributed by atoms with Gasteiger partial charge in [-0.3, -0.25) is 4.79 Å². The lowest BCUT2D eigenvalue weighted by molar-refractivity contribution is -0.137. The quantitative estimate of drug-likeness (QED) is 0.811. The predicted molar refractivity (Wildman–Crippen MR) is 94.7 cm³/mol. The highest BCUT2D eigenvalue weighted by Crippen LogP contribution is 2.29. The SMILES string of the molecule is COc1ccccc1C(NC(=O)N(C)CCC(=O)O)c1ccccc1. The van der Waals surface area contributed by atoms with Gasteiger partial charge >= 0.3 is 12.0 Å². The minimum Gasteiger partial charge on any atom is -0.496 e. The van der Waals surface area contributed by atoms with Gasteiger partial charge in [0.15, 0.2) is 0 Å². The number of carbonyl (C=O) groups excluding carboxylic acids is 1. The third-order valence-corrected chi connectivity index (χ3v) is 3.86. The Morgan fingerprint density at radius 2 is 1.76 bits per heavy atom. The molecule has 1 unspecified atom stereocenters. The third-order valence-electron chi connectivity index (χ3n) is 3.86. The molecule has 0 spiro atoms. The van der Waals surface area contributed by atoms with E-state index in [2.05, 4.69) is 5.32 Å². The van der Waals surface area contributed by atoms with Crippen LogP contribution in [0.3, 0.4) is 0 Å². The van der Waals surface area contributed by atoms with Crippen LogP contribution in [0.2, 0.25) is 0 Å². The summed E-state index contributed by atoms with van der Waals surface area (Å²) < 4.78 is 5.43. The van der Waals surface area contributed by atoms with Gasteiger partial charge in [0.05, 0.1) is 19.6 Å². The van der Waals surface area contributed by atoms with E-state index in [0.29, 0.717) is 5.75 Å². The van der Waals surface area contributed by atoms with Gasteiger partial charge in [0.1, 0.15) is 5.75 Å². The lowest BCUT2D eigenvalue weighted by Gasteiger charge is -2.25. The number of hydrogen-bond donors (Lipinski definition) is 2. The number of para-hydroxylation sites is 1. The number of rotatable bonds is 7. The predicted octanol–water partition coefficient (Wildman–Crippen LogP) is 2.90. The maximum absolute atomic E-state index is 12.5. The average molecular weight is 342 g/mol. The number of aliphatic carboxylic acids is 1. The Bertz CT molecular complexity index is 718. The van der Waals surface area contributed by atoms with Crippen molar-refractivity contribution in [3.05, 3.63) is 65.7 Å². The molecule has 0 radical (unpaired) electrons. The molecule has 2 N–H and O–H groups in total. The number of amides is 2. The van der Waals surface area contributed by atoms with Crippen molar-refractivity contribution in [2.75, 3.05) is 20.7 Å². The van der Waals surface area contributed by atoms with Crippen LogP contribution in [0.5, 0.6) is 5.75 Å². The molecule has 2 aromatic rings. The van der Waals surface area contributed by atoms with Crippen molar-refractivity contribution < 1.29 is 19.4 Å². The fourth-order valence-electron chi connectivity index (χ4n) is 2.49. The number of nitrogens with one attached hydrogen (secondary N) is 1. The Labute approximate surface area is 147 Å². The number of nitrogens with zero attached hydrogens (tertiary/aromatic N) is 1. The number of carboxylic acids is 1. The summed E-state index contributed by atoms with van der Waals surface area (Å²) in [6.07, 6.45) is -0.103. The van der Waals surface area contributed by atoms with Crippen molar-refractivity contribution in [2.45, 2.75) is 12.5 Å². The molecule has 2 amide bonds. The van der Waals surface area contributed by atoms with Gasteiger partial charge in [0, 0.05) is 19.2 Å². The summed E-state index contributed by atoms with van der Waals surface area (Å²) in [6, 6.07) is 16.3. The van der Waals surface area contributed by atoms with Crippen LogP contribution in [0.1, 0.15) is 23.6 Å². The van der Waals surface area contributed by atoms with Gasteiger partial charge in [-0.15, -0.1) is 0 Å². The van der Waals surface area contributed by atoms with Crippen LogP contribution in [-0.4, -0.2) is 42.7 Å². The molecule has 6 nitrogen and oxygen atoms in total. The Balaban J connectivity index is 2.27. The highest BCUT2D eigenvalue weighted by molar-refractivity contribution is 5.76. The molecule has 0 fully saturated rings. The van der Waals surface area contributed by atoms with E-state index in [9.17, 15) is 9.59 Å². The Kier molecular flexibility index (Phi) is 6.39. The summed E-state index contributed by atoms with van der Waals surface area (Å²) in [5, 5.41) is 11.7. The first-order valence-electron chi connectivity index (χ1n) is 7.94. The van der Waals surface area contributed by atoms with Gasteiger partial charge in [0.2, 0.25) is 0 Å². The molecule has 0 aromatic heterocycles. The Morgan fingerprint density at radius 1 is 1.12 bits per heavy atom. The topological polar surface area (TPSA) is 78.9 Å². The fraction of sp³-hybridized carbons (Fsp3) is 0.263. The molecule has 0 heterocycles. The van der Waals surface area contributed by atoms with E-state index in [1.54, 1.807) is 14.2 Å². The van der Waals surface area contributed by atoms with Crippen LogP contribution in [0.4, 0.5) is 4.79 Å². The number of urea groups is 1. The van der Waals surface area contributed by atoms with Crippen molar-refractivity contribution in [2.24, 2.45) is 0 Å². The first-order chi connectivity index (χ1) is 12.0. The number of carbonyl (C=O) groups is 2. The maximum atomic E-state index is 12.5. The van der Waals surface area contributed by atoms with E-state index < -0.39 is 12.0 Å². The lowest BCUT2D eigenvalue weighted by Crippen LogP contribution is -2.40. The van der Waals surface area contributed by atoms with E-state index >= 15 is 0 Å². The smallest absolute Gasteiger partial charge is 0.317 e. The van der Waals surface area contributed by atoms with Gasteiger partial charge in [-0.25, -0.2) is 4.79 Å². The standard InChI is InChI=1S/C19H22N2O4/c1-21(13-12-17(22)23)19(24)20-18(14-8-4-3-5-9-14)15-10-6-7-11-16(15)25-2/h3-11,18H,12-13H2,1-2H3,(H,20,24)(H,22,23). The zero-order valence-corrected chi connectivity index (χ0v) is 14.3. The van der Waals surface area contributed by atoms with E-state index in [4.69, 9.17) is 9.84 Å². The molecular weight excluding hydrogens is 320 g/mol. The first kappa shape index (κ1) is 18.3. The molecule has 0 saturated carbocycles. The van der Waals surface area contributed by atoms with Crippen LogP contribution in [0.25, 0.3) is 0 Å². The minimum atomic E-state index is -0.941. The molecule has 6 heteroatoms.